The number of fused-ring (bicyclic) bond motifs is 1. The maximum atomic E-state index is 13.2. The number of pyridine rings is 1. The molecule has 9 nitrogen and oxygen atoms in total. The molecular formula is C22H29N3O6S2. The van der Waals surface area contributed by atoms with Crippen LogP contribution in [-0.2, 0) is 19.9 Å². The number of anilines is 1. The fraction of sp³-hybridized carbons (Fsp3) is 0.409. The largest absolute Gasteiger partial charge is 0.495 e. The van der Waals surface area contributed by atoms with Crippen LogP contribution in [-0.4, -0.2) is 50.9 Å². The predicted octanol–water partition coefficient (Wildman–Crippen LogP) is 3.74. The zero-order chi connectivity index (χ0) is 24.6. The highest BCUT2D eigenvalue weighted by atomic mass is 32.2. The first-order chi connectivity index (χ1) is 15.3. The smallest absolute Gasteiger partial charge is 0.232 e. The molecule has 180 valence electrons. The third-order valence-electron chi connectivity index (χ3n) is 5.12. The first kappa shape index (κ1) is 24.8. The maximum absolute atomic E-state index is 13.2. The van der Waals surface area contributed by atoms with Crippen molar-refractivity contribution in [2.75, 3.05) is 24.7 Å². The van der Waals surface area contributed by atoms with Crippen LogP contribution in [0.5, 0.6) is 11.5 Å². The van der Waals surface area contributed by atoms with Crippen LogP contribution in [0.3, 0.4) is 0 Å². The Labute approximate surface area is 194 Å². The van der Waals surface area contributed by atoms with Crippen LogP contribution in [0.15, 0.2) is 41.6 Å². The van der Waals surface area contributed by atoms with Crippen LogP contribution < -0.4 is 14.2 Å². The molecule has 0 amide bonds. The van der Waals surface area contributed by atoms with Crippen molar-refractivity contribution in [3.05, 3.63) is 36.7 Å². The highest BCUT2D eigenvalue weighted by Crippen LogP contribution is 2.36. The number of rotatable bonds is 8. The van der Waals surface area contributed by atoms with E-state index in [9.17, 15) is 16.8 Å². The van der Waals surface area contributed by atoms with Crippen molar-refractivity contribution in [2.45, 2.75) is 43.8 Å². The number of sulfonamides is 1. The summed E-state index contributed by atoms with van der Waals surface area (Å²) < 4.78 is 64.9. The van der Waals surface area contributed by atoms with Gasteiger partial charge in [0.05, 0.1) is 42.3 Å². The summed E-state index contributed by atoms with van der Waals surface area (Å²) in [5.74, 6) is 0.548. The number of aromatic nitrogens is 2. The number of hydrogen-bond donors (Lipinski definition) is 1. The van der Waals surface area contributed by atoms with Gasteiger partial charge >= 0.3 is 0 Å². The highest BCUT2D eigenvalue weighted by molar-refractivity contribution is 7.93. The van der Waals surface area contributed by atoms with Gasteiger partial charge in [0, 0.05) is 17.8 Å². The van der Waals surface area contributed by atoms with E-state index in [2.05, 4.69) is 9.71 Å². The summed E-state index contributed by atoms with van der Waals surface area (Å²) in [6, 6.07) is 6.60. The van der Waals surface area contributed by atoms with Crippen molar-refractivity contribution in [2.24, 2.45) is 0 Å². The van der Waals surface area contributed by atoms with Gasteiger partial charge in [0.15, 0.2) is 9.84 Å². The zero-order valence-electron chi connectivity index (χ0n) is 19.5. The second-order valence-electron chi connectivity index (χ2n) is 8.53. The summed E-state index contributed by atoms with van der Waals surface area (Å²) in [5, 5.41) is 0. The molecule has 0 fully saturated rings. The summed E-state index contributed by atoms with van der Waals surface area (Å²) in [5.41, 5.74) is 1.98. The number of nitrogens with one attached hydrogen (secondary N) is 1. The van der Waals surface area contributed by atoms with Crippen LogP contribution in [0.2, 0.25) is 0 Å². The van der Waals surface area contributed by atoms with Crippen molar-refractivity contribution >= 4 is 31.2 Å². The van der Waals surface area contributed by atoms with E-state index >= 15 is 0 Å². The van der Waals surface area contributed by atoms with Gasteiger partial charge in [-0.1, -0.05) is 6.92 Å². The fourth-order valence-electron chi connectivity index (χ4n) is 3.33. The van der Waals surface area contributed by atoms with Crippen LogP contribution in [0, 0.1) is 0 Å². The molecule has 0 unspecified atom stereocenters. The summed E-state index contributed by atoms with van der Waals surface area (Å²) >= 11 is 0. The van der Waals surface area contributed by atoms with Gasteiger partial charge in [-0.15, -0.1) is 0 Å². The van der Waals surface area contributed by atoms with Crippen molar-refractivity contribution in [3.63, 3.8) is 0 Å². The minimum atomic E-state index is -3.72. The molecule has 0 aliphatic rings. The Kier molecular flexibility index (Phi) is 6.67. The normalized spacial score (nSPS) is 12.7. The van der Waals surface area contributed by atoms with Gasteiger partial charge in [-0.05, 0) is 45.4 Å². The van der Waals surface area contributed by atoms with Crippen molar-refractivity contribution in [1.82, 2.24) is 9.38 Å². The van der Waals surface area contributed by atoms with Crippen LogP contribution in [0.25, 0.3) is 16.9 Å². The Hall–Kier alpha value is -2.79. The molecule has 0 aliphatic heterocycles. The van der Waals surface area contributed by atoms with Gasteiger partial charge in [0.2, 0.25) is 10.0 Å². The molecule has 11 heteroatoms. The van der Waals surface area contributed by atoms with Gasteiger partial charge in [0.25, 0.3) is 0 Å². The standard InChI is InChI=1S/C22H29N3O6S2/c1-7-10-32(26,27)24-16-11-15(8-9-18(16)30-5)17-13-23-21-12-19(31-6)20(14-25(17)21)33(28,29)22(2,3)4/h8-9,11-14,24H,7,10H2,1-6H3. The Balaban J connectivity index is 2.21. The highest BCUT2D eigenvalue weighted by Gasteiger charge is 2.34. The Morgan fingerprint density at radius 1 is 1.03 bits per heavy atom. The average Bonchev–Trinajstić information content (AvgIpc) is 3.14. The lowest BCUT2D eigenvalue weighted by atomic mass is 10.1. The van der Waals surface area contributed by atoms with Crippen LogP contribution in [0.4, 0.5) is 5.69 Å². The van der Waals surface area contributed by atoms with Crippen molar-refractivity contribution in [3.8, 4) is 22.8 Å². The summed E-state index contributed by atoms with van der Waals surface area (Å²) in [7, 11) is -4.40. The molecule has 3 aromatic rings. The van der Waals surface area contributed by atoms with E-state index in [1.807, 2.05) is 0 Å². The third kappa shape index (κ3) is 4.79. The van der Waals surface area contributed by atoms with E-state index in [-0.39, 0.29) is 22.1 Å². The van der Waals surface area contributed by atoms with Crippen molar-refractivity contribution in [1.29, 1.82) is 0 Å². The van der Waals surface area contributed by atoms with E-state index in [0.717, 1.165) is 0 Å². The molecule has 2 aromatic heterocycles. The van der Waals surface area contributed by atoms with E-state index in [1.165, 1.54) is 20.4 Å². The number of hydrogen-bond acceptors (Lipinski definition) is 7. The lowest BCUT2D eigenvalue weighted by Crippen LogP contribution is -2.28. The fourth-order valence-corrected chi connectivity index (χ4v) is 5.77. The topological polar surface area (TPSA) is 116 Å². The first-order valence-electron chi connectivity index (χ1n) is 10.3. The monoisotopic (exact) mass is 495 g/mol. The van der Waals surface area contributed by atoms with E-state index in [0.29, 0.717) is 29.1 Å². The second kappa shape index (κ2) is 8.86. The zero-order valence-corrected chi connectivity index (χ0v) is 21.2. The van der Waals surface area contributed by atoms with Gasteiger partial charge in [0.1, 0.15) is 22.0 Å². The molecule has 0 aliphatic carbocycles. The van der Waals surface area contributed by atoms with Crippen molar-refractivity contribution < 1.29 is 26.3 Å². The predicted molar refractivity (Wildman–Crippen MR) is 128 cm³/mol. The first-order valence-corrected chi connectivity index (χ1v) is 13.5. The minimum Gasteiger partial charge on any atom is -0.495 e. The summed E-state index contributed by atoms with van der Waals surface area (Å²) in [6.07, 6.45) is 3.55. The van der Waals surface area contributed by atoms with Gasteiger partial charge in [-0.2, -0.15) is 0 Å². The van der Waals surface area contributed by atoms with Crippen LogP contribution >= 0.6 is 0 Å². The number of ether oxygens (including phenoxy) is 2. The van der Waals surface area contributed by atoms with Gasteiger partial charge < -0.3 is 9.47 Å². The lowest BCUT2D eigenvalue weighted by Gasteiger charge is -2.21. The number of imidazole rings is 1. The molecule has 0 atom stereocenters. The number of benzene rings is 1. The molecule has 1 aromatic carbocycles. The van der Waals surface area contributed by atoms with Crippen LogP contribution in [0.1, 0.15) is 34.1 Å². The third-order valence-corrected chi connectivity index (χ3v) is 9.10. The van der Waals surface area contributed by atoms with Gasteiger partial charge in [-0.3, -0.25) is 9.12 Å². The molecule has 0 bridgehead atoms. The molecule has 2 heterocycles. The van der Waals surface area contributed by atoms with Gasteiger partial charge in [-0.25, -0.2) is 21.8 Å². The number of sulfone groups is 1. The Morgan fingerprint density at radius 2 is 1.70 bits per heavy atom. The second-order valence-corrected chi connectivity index (χ2v) is 13.0. The maximum Gasteiger partial charge on any atom is 0.232 e. The molecule has 0 radical (unpaired) electrons. The summed E-state index contributed by atoms with van der Waals surface area (Å²) in [6.45, 7) is 6.65. The molecule has 0 saturated carbocycles. The minimum absolute atomic E-state index is 0.0240. The number of methoxy groups -OCH3 is 2. The van der Waals surface area contributed by atoms with E-state index in [4.69, 9.17) is 9.47 Å². The Morgan fingerprint density at radius 3 is 2.27 bits per heavy atom. The molecule has 0 saturated heterocycles. The molecule has 33 heavy (non-hydrogen) atoms. The van der Waals surface area contributed by atoms with E-state index in [1.54, 1.807) is 62.6 Å². The lowest BCUT2D eigenvalue weighted by molar-refractivity contribution is 0.401. The molecule has 3 rings (SSSR count). The number of nitrogens with zero attached hydrogens (tertiary/aromatic N) is 2. The molecule has 0 spiro atoms. The average molecular weight is 496 g/mol. The molecular weight excluding hydrogens is 466 g/mol. The van der Waals surface area contributed by atoms with E-state index < -0.39 is 24.6 Å². The summed E-state index contributed by atoms with van der Waals surface area (Å²) in [4.78, 5) is 4.43. The quantitative estimate of drug-likeness (QED) is 0.506. The SMILES string of the molecule is CCCS(=O)(=O)Nc1cc(-c2cnc3cc(OC)c(S(=O)(=O)C(C)(C)C)cn23)ccc1OC. The Bertz CT molecular complexity index is 1390. The molecule has 1 N–H and O–H groups in total.